The summed E-state index contributed by atoms with van der Waals surface area (Å²) in [6.07, 6.45) is 3.58. The number of rotatable bonds is 3. The molecule has 0 N–H and O–H groups in total. The van der Waals surface area contributed by atoms with Crippen LogP contribution < -0.4 is 0 Å². The molecule has 0 bridgehead atoms. The van der Waals surface area contributed by atoms with Gasteiger partial charge in [0.15, 0.2) is 11.5 Å². The Hall–Kier alpha value is -1.58. The van der Waals surface area contributed by atoms with E-state index in [0.29, 0.717) is 17.9 Å². The zero-order valence-electron chi connectivity index (χ0n) is 8.53. The predicted octanol–water partition coefficient (Wildman–Crippen LogP) is 2.19. The molecule has 0 spiro atoms. The summed E-state index contributed by atoms with van der Waals surface area (Å²) in [5.74, 6) is 0.153. The maximum absolute atomic E-state index is 11.3. The molecule has 0 saturated heterocycles. The average Bonchev–Trinajstić information content (AvgIpc) is 2.49. The Kier molecular flexibility index (Phi) is 3.45. The summed E-state index contributed by atoms with van der Waals surface area (Å²) in [4.78, 5) is 11.3. The second kappa shape index (κ2) is 4.60. The molecule has 0 atom stereocenters. The lowest BCUT2D eigenvalue weighted by Crippen LogP contribution is -2.06. The van der Waals surface area contributed by atoms with Gasteiger partial charge >= 0.3 is 5.97 Å². The van der Waals surface area contributed by atoms with Gasteiger partial charge in [-0.15, -0.1) is 0 Å². The van der Waals surface area contributed by atoms with Crippen molar-refractivity contribution < 1.29 is 14.1 Å². The first-order valence-corrected chi connectivity index (χ1v) is 4.46. The lowest BCUT2D eigenvalue weighted by Gasteiger charge is -1.96. The molecule has 0 fully saturated rings. The summed E-state index contributed by atoms with van der Waals surface area (Å²) in [5.41, 5.74) is 0.960. The van der Waals surface area contributed by atoms with Crippen LogP contribution in [0, 0.1) is 6.92 Å². The minimum atomic E-state index is -0.440. The molecule has 0 saturated carbocycles. The third-order valence-corrected chi connectivity index (χ3v) is 1.75. The molecule has 14 heavy (non-hydrogen) atoms. The van der Waals surface area contributed by atoms with Crippen LogP contribution in [-0.4, -0.2) is 17.7 Å². The van der Waals surface area contributed by atoms with Gasteiger partial charge in [-0.2, -0.15) is 0 Å². The maximum Gasteiger partial charge on any atom is 0.360 e. The minimum Gasteiger partial charge on any atom is -0.461 e. The number of nitrogens with zero attached hydrogens (tertiary/aromatic N) is 1. The number of hydrogen-bond donors (Lipinski definition) is 0. The molecular formula is C10H13NO3. The fraction of sp³-hybridized carbons (Fsp3) is 0.400. The minimum absolute atomic E-state index is 0.250. The van der Waals surface area contributed by atoms with Crippen molar-refractivity contribution in [1.29, 1.82) is 0 Å². The number of carbonyl (C=O) groups excluding carboxylic acids is 1. The summed E-state index contributed by atoms with van der Waals surface area (Å²) >= 11 is 0. The molecular weight excluding hydrogens is 182 g/mol. The number of aromatic nitrogens is 1. The number of allylic oxidation sites excluding steroid dienone is 1. The van der Waals surface area contributed by atoms with E-state index in [0.717, 1.165) is 0 Å². The van der Waals surface area contributed by atoms with Crippen molar-refractivity contribution in [2.75, 3.05) is 6.61 Å². The van der Waals surface area contributed by atoms with E-state index in [1.165, 1.54) is 0 Å². The largest absolute Gasteiger partial charge is 0.461 e. The summed E-state index contributed by atoms with van der Waals surface area (Å²) in [6.45, 7) is 5.73. The molecule has 1 aromatic rings. The second-order valence-electron chi connectivity index (χ2n) is 2.74. The van der Waals surface area contributed by atoms with Crippen LogP contribution in [0.1, 0.15) is 35.7 Å². The molecule has 0 radical (unpaired) electrons. The van der Waals surface area contributed by atoms with Crippen molar-refractivity contribution in [2.24, 2.45) is 0 Å². The third-order valence-electron chi connectivity index (χ3n) is 1.75. The van der Waals surface area contributed by atoms with Crippen LogP contribution in [0.2, 0.25) is 0 Å². The van der Waals surface area contributed by atoms with Crippen molar-refractivity contribution in [2.45, 2.75) is 20.8 Å². The quantitative estimate of drug-likeness (QED) is 0.694. The van der Waals surface area contributed by atoms with Crippen LogP contribution in [0.15, 0.2) is 10.6 Å². The van der Waals surface area contributed by atoms with Crippen molar-refractivity contribution in [3.8, 4) is 0 Å². The summed E-state index contributed by atoms with van der Waals surface area (Å²) in [6, 6.07) is 0. The number of carbonyl (C=O) groups is 1. The van der Waals surface area contributed by atoms with Crippen molar-refractivity contribution in [3.63, 3.8) is 0 Å². The number of esters is 1. The Balaban J connectivity index is 2.94. The predicted molar refractivity (Wildman–Crippen MR) is 51.9 cm³/mol. The van der Waals surface area contributed by atoms with Gasteiger partial charge < -0.3 is 9.26 Å². The van der Waals surface area contributed by atoms with E-state index in [9.17, 15) is 4.79 Å². The summed E-state index contributed by atoms with van der Waals surface area (Å²) in [5, 5.41) is 3.65. The van der Waals surface area contributed by atoms with Crippen LogP contribution in [-0.2, 0) is 4.74 Å². The molecule has 0 amide bonds. The molecule has 0 aromatic carbocycles. The van der Waals surface area contributed by atoms with E-state index in [2.05, 4.69) is 5.16 Å². The van der Waals surface area contributed by atoms with E-state index in [1.807, 2.05) is 13.0 Å². The zero-order valence-corrected chi connectivity index (χ0v) is 8.53. The highest BCUT2D eigenvalue weighted by Gasteiger charge is 2.17. The Bertz CT molecular complexity index is 352. The molecule has 1 rings (SSSR count). The van der Waals surface area contributed by atoms with E-state index in [1.54, 1.807) is 19.9 Å². The Labute approximate surface area is 82.5 Å². The molecule has 0 aliphatic carbocycles. The van der Waals surface area contributed by atoms with Gasteiger partial charge in [-0.05, 0) is 26.8 Å². The van der Waals surface area contributed by atoms with Gasteiger partial charge in [-0.1, -0.05) is 11.2 Å². The maximum atomic E-state index is 11.3. The van der Waals surface area contributed by atoms with E-state index < -0.39 is 5.97 Å². The van der Waals surface area contributed by atoms with Crippen molar-refractivity contribution >= 4 is 12.0 Å². The molecule has 0 aliphatic rings. The van der Waals surface area contributed by atoms with Gasteiger partial charge in [-0.3, -0.25) is 0 Å². The third kappa shape index (κ3) is 2.02. The van der Waals surface area contributed by atoms with E-state index in [-0.39, 0.29) is 5.69 Å². The van der Waals surface area contributed by atoms with Gasteiger partial charge in [0, 0.05) is 5.56 Å². The first-order valence-electron chi connectivity index (χ1n) is 4.46. The Morgan fingerprint density at radius 2 is 2.36 bits per heavy atom. The highest BCUT2D eigenvalue weighted by atomic mass is 16.5. The number of hydrogen-bond acceptors (Lipinski definition) is 4. The standard InChI is InChI=1S/C10H13NO3/c1-4-6-8-7(3)9(11-14-8)10(12)13-5-2/h4,6H,5H2,1-3H3. The second-order valence-corrected chi connectivity index (χ2v) is 2.74. The topological polar surface area (TPSA) is 52.3 Å². The highest BCUT2D eigenvalue weighted by Crippen LogP contribution is 2.15. The van der Waals surface area contributed by atoms with Crippen LogP contribution >= 0.6 is 0 Å². The van der Waals surface area contributed by atoms with Crippen LogP contribution in [0.4, 0.5) is 0 Å². The SMILES string of the molecule is CC=Cc1onc(C(=O)OCC)c1C. The zero-order chi connectivity index (χ0) is 10.6. The van der Waals surface area contributed by atoms with Crippen molar-refractivity contribution in [3.05, 3.63) is 23.1 Å². The lowest BCUT2D eigenvalue weighted by atomic mass is 10.2. The lowest BCUT2D eigenvalue weighted by molar-refractivity contribution is 0.0514. The first-order chi connectivity index (χ1) is 6.70. The summed E-state index contributed by atoms with van der Waals surface area (Å²) in [7, 11) is 0. The monoisotopic (exact) mass is 195 g/mol. The summed E-state index contributed by atoms with van der Waals surface area (Å²) < 4.78 is 9.78. The van der Waals surface area contributed by atoms with Crippen LogP contribution in [0.25, 0.3) is 6.08 Å². The Morgan fingerprint density at radius 3 is 2.93 bits per heavy atom. The van der Waals surface area contributed by atoms with E-state index in [4.69, 9.17) is 9.26 Å². The molecule has 4 heteroatoms. The van der Waals surface area contributed by atoms with Gasteiger partial charge in [0.2, 0.25) is 0 Å². The fourth-order valence-corrected chi connectivity index (χ4v) is 1.05. The normalized spacial score (nSPS) is 10.8. The smallest absolute Gasteiger partial charge is 0.360 e. The van der Waals surface area contributed by atoms with Crippen LogP contribution in [0.3, 0.4) is 0 Å². The van der Waals surface area contributed by atoms with Crippen molar-refractivity contribution in [1.82, 2.24) is 5.16 Å². The molecule has 4 nitrogen and oxygen atoms in total. The molecule has 76 valence electrons. The Morgan fingerprint density at radius 1 is 1.64 bits per heavy atom. The van der Waals surface area contributed by atoms with Gasteiger partial charge in [0.25, 0.3) is 0 Å². The van der Waals surface area contributed by atoms with Gasteiger partial charge in [0.1, 0.15) is 0 Å². The highest BCUT2D eigenvalue weighted by molar-refractivity contribution is 5.89. The molecule has 0 aliphatic heterocycles. The van der Waals surface area contributed by atoms with E-state index >= 15 is 0 Å². The molecule has 1 heterocycles. The van der Waals surface area contributed by atoms with Gasteiger partial charge in [-0.25, -0.2) is 4.79 Å². The molecule has 0 unspecified atom stereocenters. The average molecular weight is 195 g/mol. The number of ether oxygens (including phenoxy) is 1. The fourth-order valence-electron chi connectivity index (χ4n) is 1.05. The first kappa shape index (κ1) is 10.5. The van der Waals surface area contributed by atoms with Crippen LogP contribution in [0.5, 0.6) is 0 Å². The van der Waals surface area contributed by atoms with Gasteiger partial charge in [0.05, 0.1) is 6.61 Å². The molecule has 1 aromatic heterocycles.